The summed E-state index contributed by atoms with van der Waals surface area (Å²) in [5.41, 5.74) is -0.289. The molecule has 0 aliphatic heterocycles. The number of nitrogens with zero attached hydrogens (tertiary/aromatic N) is 3. The number of nitrogens with one attached hydrogen (secondary N) is 1. The van der Waals surface area contributed by atoms with Crippen molar-refractivity contribution in [2.45, 2.75) is 24.9 Å². The predicted molar refractivity (Wildman–Crippen MR) is 72.5 cm³/mol. The maximum atomic E-state index is 12.2. The minimum Gasteiger partial charge on any atom is -0.388 e. The number of pyridine rings is 1. The second kappa shape index (κ2) is 5.05. The number of carbonyl (C=O) groups is 1. The lowest BCUT2D eigenvalue weighted by Crippen LogP contribution is -2.47. The third kappa shape index (κ3) is 2.42. The largest absolute Gasteiger partial charge is 0.388 e. The molecule has 1 aliphatic carbocycles. The molecule has 0 bridgehead atoms. The van der Waals surface area contributed by atoms with Crippen molar-refractivity contribution in [3.63, 3.8) is 0 Å². The molecule has 104 valence electrons. The lowest BCUT2D eigenvalue weighted by Gasteiger charge is -2.36. The number of aromatic nitrogens is 3. The highest BCUT2D eigenvalue weighted by Gasteiger charge is 2.34. The zero-order valence-electron chi connectivity index (χ0n) is 11.0. The average Bonchev–Trinajstić information content (AvgIpc) is 2.96. The summed E-state index contributed by atoms with van der Waals surface area (Å²) in [6, 6.07) is 5.18. The van der Waals surface area contributed by atoms with Gasteiger partial charge in [-0.1, -0.05) is 0 Å². The monoisotopic (exact) mass is 272 g/mol. The quantitative estimate of drug-likeness (QED) is 0.867. The van der Waals surface area contributed by atoms with E-state index in [4.69, 9.17) is 0 Å². The summed E-state index contributed by atoms with van der Waals surface area (Å²) in [6.07, 6.45) is 7.48. The maximum absolute atomic E-state index is 12.2. The third-order valence-corrected chi connectivity index (χ3v) is 3.61. The van der Waals surface area contributed by atoms with Gasteiger partial charge in [0.2, 0.25) is 0 Å². The first-order valence-electron chi connectivity index (χ1n) is 6.64. The van der Waals surface area contributed by atoms with E-state index in [1.54, 1.807) is 41.5 Å². The fourth-order valence-electron chi connectivity index (χ4n) is 2.25. The van der Waals surface area contributed by atoms with Gasteiger partial charge in [0.1, 0.15) is 0 Å². The van der Waals surface area contributed by atoms with Gasteiger partial charge in [0.05, 0.1) is 11.2 Å². The summed E-state index contributed by atoms with van der Waals surface area (Å²) >= 11 is 0. The van der Waals surface area contributed by atoms with Gasteiger partial charge < -0.3 is 10.4 Å². The Morgan fingerprint density at radius 3 is 2.90 bits per heavy atom. The van der Waals surface area contributed by atoms with E-state index >= 15 is 0 Å². The van der Waals surface area contributed by atoms with Crippen LogP contribution in [0.2, 0.25) is 0 Å². The van der Waals surface area contributed by atoms with Crippen molar-refractivity contribution in [1.82, 2.24) is 20.1 Å². The molecule has 6 heteroatoms. The fraction of sp³-hybridized carbons (Fsp3) is 0.357. The Labute approximate surface area is 116 Å². The highest BCUT2D eigenvalue weighted by atomic mass is 16.3. The van der Waals surface area contributed by atoms with Crippen LogP contribution in [0.15, 0.2) is 36.8 Å². The van der Waals surface area contributed by atoms with Crippen LogP contribution in [-0.4, -0.2) is 37.9 Å². The van der Waals surface area contributed by atoms with Crippen LogP contribution in [0.3, 0.4) is 0 Å². The maximum Gasteiger partial charge on any atom is 0.255 e. The molecule has 0 spiro atoms. The summed E-state index contributed by atoms with van der Waals surface area (Å²) in [4.78, 5) is 16.4. The van der Waals surface area contributed by atoms with E-state index in [0.29, 0.717) is 11.4 Å². The molecule has 1 saturated carbocycles. The summed E-state index contributed by atoms with van der Waals surface area (Å²) in [7, 11) is 0. The number of hydrogen-bond donors (Lipinski definition) is 2. The smallest absolute Gasteiger partial charge is 0.255 e. The molecule has 6 nitrogen and oxygen atoms in total. The van der Waals surface area contributed by atoms with Gasteiger partial charge in [-0.25, -0.2) is 9.67 Å². The van der Waals surface area contributed by atoms with Crippen molar-refractivity contribution in [2.75, 3.05) is 6.54 Å². The first kappa shape index (κ1) is 12.8. The van der Waals surface area contributed by atoms with Crippen LogP contribution in [-0.2, 0) is 0 Å². The third-order valence-electron chi connectivity index (χ3n) is 3.61. The predicted octanol–water partition coefficient (Wildman–Crippen LogP) is 0.912. The van der Waals surface area contributed by atoms with E-state index in [0.717, 1.165) is 19.3 Å². The number of carbonyl (C=O) groups excluding carboxylic acids is 1. The summed E-state index contributed by atoms with van der Waals surface area (Å²) in [5, 5.41) is 16.9. The minimum absolute atomic E-state index is 0.246. The van der Waals surface area contributed by atoms with Crippen LogP contribution < -0.4 is 5.32 Å². The molecule has 2 aromatic heterocycles. The van der Waals surface area contributed by atoms with E-state index in [9.17, 15) is 9.90 Å². The Hall–Kier alpha value is -2.21. The Morgan fingerprint density at radius 1 is 1.40 bits per heavy atom. The van der Waals surface area contributed by atoms with Gasteiger partial charge in [-0.05, 0) is 37.5 Å². The van der Waals surface area contributed by atoms with Crippen LogP contribution >= 0.6 is 0 Å². The van der Waals surface area contributed by atoms with Gasteiger partial charge in [0.15, 0.2) is 5.82 Å². The van der Waals surface area contributed by atoms with E-state index < -0.39 is 5.60 Å². The molecule has 1 aliphatic rings. The zero-order valence-corrected chi connectivity index (χ0v) is 11.0. The lowest BCUT2D eigenvalue weighted by atomic mass is 9.80. The topological polar surface area (TPSA) is 80.0 Å². The van der Waals surface area contributed by atoms with Gasteiger partial charge in [0.25, 0.3) is 5.91 Å². The highest BCUT2D eigenvalue weighted by molar-refractivity contribution is 5.97. The Morgan fingerprint density at radius 2 is 2.25 bits per heavy atom. The molecule has 20 heavy (non-hydrogen) atoms. The Kier molecular flexibility index (Phi) is 3.23. The molecule has 0 aromatic carbocycles. The van der Waals surface area contributed by atoms with Crippen LogP contribution in [0.25, 0.3) is 5.82 Å². The second-order valence-corrected chi connectivity index (χ2v) is 5.09. The van der Waals surface area contributed by atoms with Crippen LogP contribution in [0.5, 0.6) is 0 Å². The van der Waals surface area contributed by atoms with Crippen LogP contribution in [0.1, 0.15) is 29.6 Å². The molecule has 2 heterocycles. The van der Waals surface area contributed by atoms with E-state index in [1.165, 1.54) is 0 Å². The molecular weight excluding hydrogens is 256 g/mol. The summed E-state index contributed by atoms with van der Waals surface area (Å²) in [6.45, 7) is 0.277. The molecule has 3 rings (SSSR count). The number of aliphatic hydroxyl groups is 1. The van der Waals surface area contributed by atoms with Crippen molar-refractivity contribution in [3.05, 3.63) is 42.4 Å². The summed E-state index contributed by atoms with van der Waals surface area (Å²) < 4.78 is 1.55. The molecule has 0 unspecified atom stereocenters. The van der Waals surface area contributed by atoms with Crippen molar-refractivity contribution < 1.29 is 9.90 Å². The number of hydrogen-bond acceptors (Lipinski definition) is 4. The number of rotatable bonds is 4. The molecule has 2 aromatic rings. The van der Waals surface area contributed by atoms with Crippen molar-refractivity contribution >= 4 is 5.91 Å². The number of amides is 1. The van der Waals surface area contributed by atoms with Gasteiger partial charge in [-0.2, -0.15) is 5.10 Å². The van der Waals surface area contributed by atoms with Crippen LogP contribution in [0.4, 0.5) is 0 Å². The van der Waals surface area contributed by atoms with E-state index in [1.807, 2.05) is 0 Å². The summed E-state index contributed by atoms with van der Waals surface area (Å²) in [5.74, 6) is 0.236. The van der Waals surface area contributed by atoms with Gasteiger partial charge in [0, 0.05) is 25.1 Å². The fourth-order valence-corrected chi connectivity index (χ4v) is 2.25. The molecule has 2 N–H and O–H groups in total. The van der Waals surface area contributed by atoms with Gasteiger partial charge in [-0.15, -0.1) is 0 Å². The minimum atomic E-state index is -0.732. The van der Waals surface area contributed by atoms with E-state index in [2.05, 4.69) is 15.4 Å². The SMILES string of the molecule is O=C(NCC1(O)CCC1)c1cccnc1-n1cccn1. The highest BCUT2D eigenvalue weighted by Crippen LogP contribution is 2.30. The Bertz CT molecular complexity index is 605. The molecular formula is C14H16N4O2. The van der Waals surface area contributed by atoms with E-state index in [-0.39, 0.29) is 12.5 Å². The Balaban J connectivity index is 1.78. The second-order valence-electron chi connectivity index (χ2n) is 5.09. The normalized spacial score (nSPS) is 16.4. The first-order valence-corrected chi connectivity index (χ1v) is 6.64. The molecule has 0 atom stereocenters. The molecule has 1 fully saturated rings. The molecule has 0 radical (unpaired) electrons. The standard InChI is InChI=1S/C14H16N4O2/c19-13(16-10-14(20)5-2-6-14)11-4-1-7-15-12(11)18-9-3-8-17-18/h1,3-4,7-9,20H,2,5-6,10H2,(H,16,19). The van der Waals surface area contributed by atoms with Crippen molar-refractivity contribution in [3.8, 4) is 5.82 Å². The van der Waals surface area contributed by atoms with Crippen molar-refractivity contribution in [1.29, 1.82) is 0 Å². The van der Waals surface area contributed by atoms with Gasteiger partial charge in [-0.3, -0.25) is 4.79 Å². The molecule has 0 saturated heterocycles. The average molecular weight is 272 g/mol. The van der Waals surface area contributed by atoms with Gasteiger partial charge >= 0.3 is 0 Å². The first-order chi connectivity index (χ1) is 9.68. The van der Waals surface area contributed by atoms with Crippen LogP contribution in [0, 0.1) is 0 Å². The molecule has 1 amide bonds. The lowest BCUT2D eigenvalue weighted by molar-refractivity contribution is -0.0300. The van der Waals surface area contributed by atoms with Crippen molar-refractivity contribution in [2.24, 2.45) is 0 Å². The zero-order chi connectivity index (χ0) is 14.0.